The van der Waals surface area contributed by atoms with E-state index in [0.29, 0.717) is 17.1 Å². The summed E-state index contributed by atoms with van der Waals surface area (Å²) in [5.41, 5.74) is 0.792. The van der Waals surface area contributed by atoms with Crippen LogP contribution >= 0.6 is 15.9 Å². The van der Waals surface area contributed by atoms with Gasteiger partial charge in [0.05, 0.1) is 25.6 Å². The first-order chi connectivity index (χ1) is 14.0. The predicted molar refractivity (Wildman–Crippen MR) is 109 cm³/mol. The molecule has 1 saturated heterocycles. The quantitative estimate of drug-likeness (QED) is 0.517. The molecule has 148 valence electrons. The number of anilines is 2. The predicted octanol–water partition coefficient (Wildman–Crippen LogP) is 2.36. The fourth-order valence-corrected chi connectivity index (χ4v) is 3.81. The number of ether oxygens (including phenoxy) is 2. The number of amides is 2. The Kier molecular flexibility index (Phi) is 4.83. The molecule has 0 aliphatic carbocycles. The average Bonchev–Trinajstić information content (AvgIpc) is 3.25. The van der Waals surface area contributed by atoms with Gasteiger partial charge in [-0.1, -0.05) is 28.1 Å². The molecule has 2 heterocycles. The average molecular weight is 458 g/mol. The van der Waals surface area contributed by atoms with Crippen LogP contribution in [0.1, 0.15) is 0 Å². The molecule has 0 aromatic heterocycles. The monoisotopic (exact) mass is 457 g/mol. The van der Waals surface area contributed by atoms with Crippen molar-refractivity contribution in [2.75, 3.05) is 24.1 Å². The molecule has 0 spiro atoms. The summed E-state index contributed by atoms with van der Waals surface area (Å²) in [6.07, 6.45) is 0. The largest absolute Gasteiger partial charge is 0.495 e. The number of hydrogen-bond acceptors (Lipinski definition) is 7. The van der Waals surface area contributed by atoms with Crippen molar-refractivity contribution < 1.29 is 23.9 Å². The summed E-state index contributed by atoms with van der Waals surface area (Å²) in [6.45, 7) is 0. The number of hydrogen-bond donors (Lipinski definition) is 0. The molecular formula is C20H16BrN3O5. The minimum atomic E-state index is -1.07. The van der Waals surface area contributed by atoms with Gasteiger partial charge in [-0.25, -0.2) is 9.69 Å². The second kappa shape index (κ2) is 7.32. The van der Waals surface area contributed by atoms with Gasteiger partial charge in [0.15, 0.2) is 5.71 Å². The van der Waals surface area contributed by atoms with Crippen LogP contribution < -0.4 is 14.6 Å². The molecule has 0 N–H and O–H groups in total. The standard InChI is InChI=1S/C20H16BrN3O5/c1-28-14-6-4-3-5-13(14)23-18(25)15-16(20(27)29-2)22-24(17(15)19(23)26)12-9-7-11(21)8-10-12/h3-10,15,17H,1-2H3/t15-,17-/m0/s1. The minimum absolute atomic E-state index is 0.101. The van der Waals surface area contributed by atoms with Crippen molar-refractivity contribution in [3.05, 3.63) is 53.0 Å². The zero-order valence-corrected chi connectivity index (χ0v) is 17.1. The van der Waals surface area contributed by atoms with E-state index >= 15 is 0 Å². The van der Waals surface area contributed by atoms with Crippen molar-refractivity contribution in [2.24, 2.45) is 11.0 Å². The smallest absolute Gasteiger partial charge is 0.355 e. The molecule has 29 heavy (non-hydrogen) atoms. The molecule has 2 aliphatic rings. The maximum atomic E-state index is 13.3. The third-order valence-corrected chi connectivity index (χ3v) is 5.39. The van der Waals surface area contributed by atoms with E-state index in [2.05, 4.69) is 21.0 Å². The van der Waals surface area contributed by atoms with Crippen molar-refractivity contribution >= 4 is 50.8 Å². The molecule has 8 nitrogen and oxygen atoms in total. The van der Waals surface area contributed by atoms with Gasteiger partial charge in [-0.2, -0.15) is 5.10 Å². The van der Waals surface area contributed by atoms with Crippen LogP contribution in [0.3, 0.4) is 0 Å². The highest BCUT2D eigenvalue weighted by Gasteiger charge is 2.59. The number of esters is 1. The minimum Gasteiger partial charge on any atom is -0.495 e. The van der Waals surface area contributed by atoms with Gasteiger partial charge in [0.2, 0.25) is 5.91 Å². The molecule has 2 amide bonds. The molecule has 2 atom stereocenters. The van der Waals surface area contributed by atoms with E-state index in [-0.39, 0.29) is 5.71 Å². The van der Waals surface area contributed by atoms with Gasteiger partial charge in [0.1, 0.15) is 17.7 Å². The highest BCUT2D eigenvalue weighted by atomic mass is 79.9. The van der Waals surface area contributed by atoms with Gasteiger partial charge in [0, 0.05) is 4.47 Å². The number of halogens is 1. The van der Waals surface area contributed by atoms with Gasteiger partial charge < -0.3 is 9.47 Å². The van der Waals surface area contributed by atoms with Crippen LogP contribution in [-0.2, 0) is 19.1 Å². The zero-order chi connectivity index (χ0) is 20.7. The first kappa shape index (κ1) is 19.1. The van der Waals surface area contributed by atoms with Crippen LogP contribution in [0.2, 0.25) is 0 Å². The fraction of sp³-hybridized carbons (Fsp3) is 0.200. The molecule has 2 aliphatic heterocycles. The number of nitrogens with zero attached hydrogens (tertiary/aromatic N) is 3. The highest BCUT2D eigenvalue weighted by molar-refractivity contribution is 9.10. The maximum absolute atomic E-state index is 13.3. The fourth-order valence-electron chi connectivity index (χ4n) is 3.55. The van der Waals surface area contributed by atoms with Crippen LogP contribution in [0.15, 0.2) is 58.1 Å². The number of imide groups is 1. The first-order valence-electron chi connectivity index (χ1n) is 8.70. The molecule has 4 rings (SSSR count). The summed E-state index contributed by atoms with van der Waals surface area (Å²) >= 11 is 3.36. The Labute approximate surface area is 174 Å². The maximum Gasteiger partial charge on any atom is 0.355 e. The molecule has 0 bridgehead atoms. The van der Waals surface area contributed by atoms with Gasteiger partial charge >= 0.3 is 5.97 Å². The Balaban J connectivity index is 1.82. The van der Waals surface area contributed by atoms with Crippen molar-refractivity contribution in [3.63, 3.8) is 0 Å². The number of carbonyl (C=O) groups excluding carboxylic acids is 3. The van der Waals surface area contributed by atoms with E-state index in [4.69, 9.17) is 9.47 Å². The van der Waals surface area contributed by atoms with E-state index < -0.39 is 29.7 Å². The zero-order valence-electron chi connectivity index (χ0n) is 15.5. The second-order valence-corrected chi connectivity index (χ2v) is 7.32. The van der Waals surface area contributed by atoms with E-state index in [1.807, 2.05) is 0 Å². The van der Waals surface area contributed by atoms with Crippen molar-refractivity contribution in [1.82, 2.24) is 0 Å². The third-order valence-electron chi connectivity index (χ3n) is 4.86. The number of rotatable bonds is 4. The number of benzene rings is 2. The Hall–Kier alpha value is -3.20. The van der Waals surface area contributed by atoms with Crippen LogP contribution in [-0.4, -0.2) is 43.8 Å². The third kappa shape index (κ3) is 2.98. The number of carbonyl (C=O) groups is 3. The van der Waals surface area contributed by atoms with Crippen molar-refractivity contribution in [2.45, 2.75) is 6.04 Å². The van der Waals surface area contributed by atoms with Gasteiger partial charge in [-0.05, 0) is 36.4 Å². The normalized spacial score (nSPS) is 20.6. The summed E-state index contributed by atoms with van der Waals surface area (Å²) in [7, 11) is 2.67. The second-order valence-electron chi connectivity index (χ2n) is 6.40. The Bertz CT molecular complexity index is 1040. The molecule has 0 unspecified atom stereocenters. The summed E-state index contributed by atoms with van der Waals surface area (Å²) in [5, 5.41) is 5.68. The Morgan fingerprint density at radius 3 is 2.38 bits per heavy atom. The van der Waals surface area contributed by atoms with E-state index in [0.717, 1.165) is 9.37 Å². The lowest BCUT2D eigenvalue weighted by molar-refractivity contribution is -0.133. The Morgan fingerprint density at radius 2 is 1.72 bits per heavy atom. The van der Waals surface area contributed by atoms with Crippen molar-refractivity contribution in [1.29, 1.82) is 0 Å². The van der Waals surface area contributed by atoms with Crippen LogP contribution in [0.25, 0.3) is 0 Å². The van der Waals surface area contributed by atoms with Crippen LogP contribution in [0.4, 0.5) is 11.4 Å². The van der Waals surface area contributed by atoms with Crippen molar-refractivity contribution in [3.8, 4) is 5.75 Å². The number of methoxy groups -OCH3 is 2. The molecule has 2 aromatic rings. The van der Waals surface area contributed by atoms with Gasteiger partial charge in [0.25, 0.3) is 5.91 Å². The first-order valence-corrected chi connectivity index (χ1v) is 9.49. The number of fused-ring (bicyclic) bond motifs is 1. The van der Waals surface area contributed by atoms with E-state index in [1.54, 1.807) is 48.5 Å². The number of para-hydroxylation sites is 2. The summed E-state index contributed by atoms with van der Waals surface area (Å²) in [4.78, 5) is 40.0. The molecule has 2 aromatic carbocycles. The molecular weight excluding hydrogens is 442 g/mol. The lowest BCUT2D eigenvalue weighted by Crippen LogP contribution is -2.39. The molecule has 9 heteroatoms. The summed E-state index contributed by atoms with van der Waals surface area (Å²) in [5.74, 6) is -2.48. The summed E-state index contributed by atoms with van der Waals surface area (Å²) < 4.78 is 11.0. The lowest BCUT2D eigenvalue weighted by Gasteiger charge is -2.22. The van der Waals surface area contributed by atoms with Crippen LogP contribution in [0.5, 0.6) is 5.75 Å². The highest BCUT2D eigenvalue weighted by Crippen LogP contribution is 2.40. The number of hydrazone groups is 1. The van der Waals surface area contributed by atoms with E-state index in [9.17, 15) is 14.4 Å². The lowest BCUT2D eigenvalue weighted by atomic mass is 9.98. The molecule has 0 radical (unpaired) electrons. The molecule has 0 saturated carbocycles. The van der Waals surface area contributed by atoms with Gasteiger partial charge in [-0.15, -0.1) is 0 Å². The summed E-state index contributed by atoms with van der Waals surface area (Å²) in [6, 6.07) is 12.8. The molecule has 1 fully saturated rings. The van der Waals surface area contributed by atoms with Gasteiger partial charge in [-0.3, -0.25) is 14.6 Å². The SMILES string of the molecule is COC(=O)C1=NN(c2ccc(Br)cc2)[C@@H]2C(=O)N(c3ccccc3OC)C(=O)[C@@H]12. The van der Waals surface area contributed by atoms with Crippen LogP contribution in [0, 0.1) is 5.92 Å². The Morgan fingerprint density at radius 1 is 1.03 bits per heavy atom. The topological polar surface area (TPSA) is 88.5 Å². The van der Waals surface area contributed by atoms with E-state index in [1.165, 1.54) is 19.2 Å².